The number of ketones is 1. The minimum absolute atomic E-state index is 0.0429. The third-order valence-electron chi connectivity index (χ3n) is 4.19. The van der Waals surface area contributed by atoms with Crippen molar-refractivity contribution in [3.8, 4) is 11.5 Å². The Labute approximate surface area is 154 Å². The number of rotatable bonds is 4. The van der Waals surface area contributed by atoms with Crippen LogP contribution in [0.3, 0.4) is 0 Å². The number of benzene rings is 3. The first-order valence-corrected chi connectivity index (χ1v) is 8.31. The van der Waals surface area contributed by atoms with Gasteiger partial charge in [-0.15, -0.1) is 0 Å². The Kier molecular flexibility index (Phi) is 4.42. The van der Waals surface area contributed by atoms with Gasteiger partial charge in [0.2, 0.25) is 5.78 Å². The number of Topliss-reactive ketones (excluding diaryl/α,β-unsaturated/α-hetero) is 1. The van der Waals surface area contributed by atoms with Crippen LogP contribution in [-0.4, -0.2) is 5.78 Å². The average Bonchev–Trinajstić information content (AvgIpc) is 2.98. The molecule has 27 heavy (non-hydrogen) atoms. The summed E-state index contributed by atoms with van der Waals surface area (Å²) < 4.78 is 38.6. The van der Waals surface area contributed by atoms with E-state index in [2.05, 4.69) is 0 Å². The smallest absolute Gasteiger partial charge is 0.231 e. The number of carbonyl (C=O) groups excluding carboxylic acids is 1. The second kappa shape index (κ2) is 7.03. The lowest BCUT2D eigenvalue weighted by Crippen LogP contribution is -1.99. The lowest BCUT2D eigenvalue weighted by Gasteiger charge is -2.08. The lowest BCUT2D eigenvalue weighted by atomic mass is 10.1. The summed E-state index contributed by atoms with van der Waals surface area (Å²) in [7, 11) is 0. The summed E-state index contributed by atoms with van der Waals surface area (Å²) in [5.41, 5.74) is 1.07. The van der Waals surface area contributed by atoms with Crippen LogP contribution in [0.1, 0.15) is 21.5 Å². The average molecular weight is 364 g/mol. The molecule has 0 N–H and O–H groups in total. The fourth-order valence-corrected chi connectivity index (χ4v) is 2.77. The standard InChI is InChI=1S/C22H14F2O3/c23-18-7-3-1-5-14(18)11-21-22(25)17-10-9-16(12-20(17)27-21)26-13-15-6-2-4-8-19(15)24/h1-12H,13H2. The Hall–Kier alpha value is -3.47. The zero-order valence-corrected chi connectivity index (χ0v) is 14.1. The quantitative estimate of drug-likeness (QED) is 0.600. The van der Waals surface area contributed by atoms with Gasteiger partial charge in [0.15, 0.2) is 5.76 Å². The predicted molar refractivity (Wildman–Crippen MR) is 96.5 cm³/mol. The maximum atomic E-state index is 13.8. The van der Waals surface area contributed by atoms with Crippen LogP contribution in [0.25, 0.3) is 6.08 Å². The minimum atomic E-state index is -0.439. The number of halogens is 2. The molecule has 1 aliphatic heterocycles. The zero-order valence-electron chi connectivity index (χ0n) is 14.1. The number of fused-ring (bicyclic) bond motifs is 1. The normalized spacial score (nSPS) is 14.1. The van der Waals surface area contributed by atoms with E-state index in [-0.39, 0.29) is 29.5 Å². The van der Waals surface area contributed by atoms with Crippen LogP contribution in [-0.2, 0) is 6.61 Å². The molecule has 0 bridgehead atoms. The summed E-state index contributed by atoms with van der Waals surface area (Å²) in [5.74, 6) is -0.299. The van der Waals surface area contributed by atoms with Gasteiger partial charge in [-0.1, -0.05) is 36.4 Å². The molecule has 3 aromatic carbocycles. The highest BCUT2D eigenvalue weighted by Crippen LogP contribution is 2.35. The van der Waals surface area contributed by atoms with Gasteiger partial charge in [-0.2, -0.15) is 0 Å². The molecule has 5 heteroatoms. The molecule has 0 unspecified atom stereocenters. The van der Waals surface area contributed by atoms with Crippen molar-refractivity contribution in [1.29, 1.82) is 0 Å². The molecular formula is C22H14F2O3. The molecule has 0 spiro atoms. The highest BCUT2D eigenvalue weighted by atomic mass is 19.1. The third kappa shape index (κ3) is 3.44. The number of allylic oxidation sites excluding steroid dienone is 1. The van der Waals surface area contributed by atoms with Crippen LogP contribution in [0.2, 0.25) is 0 Å². The van der Waals surface area contributed by atoms with Gasteiger partial charge in [-0.3, -0.25) is 4.79 Å². The number of hydrogen-bond donors (Lipinski definition) is 0. The number of carbonyl (C=O) groups is 1. The van der Waals surface area contributed by atoms with Crippen molar-refractivity contribution in [2.24, 2.45) is 0 Å². The Morgan fingerprint density at radius 2 is 1.67 bits per heavy atom. The molecule has 0 saturated heterocycles. The van der Waals surface area contributed by atoms with E-state index in [9.17, 15) is 13.6 Å². The topological polar surface area (TPSA) is 35.5 Å². The lowest BCUT2D eigenvalue weighted by molar-refractivity contribution is 0.101. The van der Waals surface area contributed by atoms with Gasteiger partial charge in [0, 0.05) is 17.2 Å². The van der Waals surface area contributed by atoms with Gasteiger partial charge >= 0.3 is 0 Å². The molecule has 0 aromatic heterocycles. The van der Waals surface area contributed by atoms with Gasteiger partial charge in [-0.25, -0.2) is 8.78 Å². The van der Waals surface area contributed by atoms with Crippen LogP contribution >= 0.6 is 0 Å². The summed E-state index contributed by atoms with van der Waals surface area (Å²) >= 11 is 0. The summed E-state index contributed by atoms with van der Waals surface area (Å²) in [6.45, 7) is 0.0529. The van der Waals surface area contributed by atoms with Gasteiger partial charge in [0.25, 0.3) is 0 Å². The van der Waals surface area contributed by atoms with Gasteiger partial charge in [-0.05, 0) is 30.3 Å². The van der Waals surface area contributed by atoms with Gasteiger partial charge < -0.3 is 9.47 Å². The van der Waals surface area contributed by atoms with Crippen molar-refractivity contribution in [2.45, 2.75) is 6.61 Å². The Bertz CT molecular complexity index is 1060. The van der Waals surface area contributed by atoms with E-state index < -0.39 is 5.82 Å². The highest BCUT2D eigenvalue weighted by molar-refractivity contribution is 6.14. The van der Waals surface area contributed by atoms with Crippen molar-refractivity contribution < 1.29 is 23.0 Å². The van der Waals surface area contributed by atoms with Gasteiger partial charge in [0.1, 0.15) is 29.7 Å². The fourth-order valence-electron chi connectivity index (χ4n) is 2.77. The van der Waals surface area contributed by atoms with E-state index in [1.807, 2.05) is 0 Å². The van der Waals surface area contributed by atoms with Crippen molar-refractivity contribution >= 4 is 11.9 Å². The molecule has 0 amide bonds. The number of ether oxygens (including phenoxy) is 2. The third-order valence-corrected chi connectivity index (χ3v) is 4.19. The molecule has 1 aliphatic rings. The van der Waals surface area contributed by atoms with Crippen LogP contribution in [0.4, 0.5) is 8.78 Å². The highest BCUT2D eigenvalue weighted by Gasteiger charge is 2.28. The first-order chi connectivity index (χ1) is 13.1. The largest absolute Gasteiger partial charge is 0.489 e. The van der Waals surface area contributed by atoms with Crippen molar-refractivity contribution in [3.05, 3.63) is 101 Å². The number of hydrogen-bond acceptors (Lipinski definition) is 3. The molecular weight excluding hydrogens is 350 g/mol. The van der Waals surface area contributed by atoms with Crippen molar-refractivity contribution in [3.63, 3.8) is 0 Å². The first-order valence-electron chi connectivity index (χ1n) is 8.31. The van der Waals surface area contributed by atoms with E-state index in [4.69, 9.17) is 9.47 Å². The van der Waals surface area contributed by atoms with Crippen LogP contribution in [0, 0.1) is 11.6 Å². The summed E-state index contributed by atoms with van der Waals surface area (Å²) in [6.07, 6.45) is 1.37. The Morgan fingerprint density at radius 1 is 0.926 bits per heavy atom. The van der Waals surface area contributed by atoms with Crippen LogP contribution in [0.15, 0.2) is 72.5 Å². The SMILES string of the molecule is O=C1C(=Cc2ccccc2F)Oc2cc(OCc3ccccc3F)ccc21. The zero-order chi connectivity index (χ0) is 18.8. The predicted octanol–water partition coefficient (Wildman–Crippen LogP) is 5.16. The molecule has 0 radical (unpaired) electrons. The van der Waals surface area contributed by atoms with E-state index in [0.717, 1.165) is 0 Å². The molecule has 1 heterocycles. The van der Waals surface area contributed by atoms with Crippen LogP contribution in [0.5, 0.6) is 11.5 Å². The second-order valence-electron chi connectivity index (χ2n) is 6.00. The Balaban J connectivity index is 1.54. The molecule has 4 rings (SSSR count). The van der Waals surface area contributed by atoms with E-state index in [1.165, 1.54) is 18.2 Å². The maximum absolute atomic E-state index is 13.8. The van der Waals surface area contributed by atoms with Crippen LogP contribution < -0.4 is 9.47 Å². The van der Waals surface area contributed by atoms with E-state index >= 15 is 0 Å². The molecule has 0 fully saturated rings. The first kappa shape index (κ1) is 17.0. The molecule has 0 saturated carbocycles. The summed E-state index contributed by atoms with van der Waals surface area (Å²) in [5, 5.41) is 0. The van der Waals surface area contributed by atoms with E-state index in [0.29, 0.717) is 22.6 Å². The molecule has 0 aliphatic carbocycles. The summed E-state index contributed by atoms with van der Waals surface area (Å²) in [4.78, 5) is 12.4. The molecule has 3 nitrogen and oxygen atoms in total. The molecule has 3 aromatic rings. The molecule has 134 valence electrons. The minimum Gasteiger partial charge on any atom is -0.489 e. The Morgan fingerprint density at radius 3 is 2.44 bits per heavy atom. The fraction of sp³-hybridized carbons (Fsp3) is 0.0455. The summed E-state index contributed by atoms with van der Waals surface area (Å²) in [6, 6.07) is 17.2. The maximum Gasteiger partial charge on any atom is 0.231 e. The van der Waals surface area contributed by atoms with Gasteiger partial charge in [0.05, 0.1) is 5.56 Å². The van der Waals surface area contributed by atoms with E-state index in [1.54, 1.807) is 54.6 Å². The monoisotopic (exact) mass is 364 g/mol. The molecule has 0 atom stereocenters. The van der Waals surface area contributed by atoms with Crippen molar-refractivity contribution in [2.75, 3.05) is 0 Å². The van der Waals surface area contributed by atoms with Crippen molar-refractivity contribution in [1.82, 2.24) is 0 Å². The second-order valence-corrected chi connectivity index (χ2v) is 6.00.